The molecule has 0 saturated carbocycles. The molecule has 0 saturated heterocycles. The van der Waals surface area contributed by atoms with Gasteiger partial charge in [0, 0.05) is 37.4 Å². The number of hydrogen-bond donors (Lipinski definition) is 2. The predicted octanol–water partition coefficient (Wildman–Crippen LogP) is 4.86. The summed E-state index contributed by atoms with van der Waals surface area (Å²) in [6.45, 7) is 8.81. The fraction of sp³-hybridized carbons (Fsp3) is 0.357. The number of benzene rings is 2. The number of nitrogens with zero attached hydrogens (tertiary/aromatic N) is 4. The highest BCUT2D eigenvalue weighted by Gasteiger charge is 2.23. The zero-order valence-electron chi connectivity index (χ0n) is 22.0. The van der Waals surface area contributed by atoms with Gasteiger partial charge < -0.3 is 20.3 Å². The summed E-state index contributed by atoms with van der Waals surface area (Å²) in [5.41, 5.74) is 3.55. The minimum atomic E-state index is -0.418. The zero-order valence-corrected chi connectivity index (χ0v) is 22.0. The van der Waals surface area contributed by atoms with Gasteiger partial charge in [0.2, 0.25) is 5.91 Å². The van der Waals surface area contributed by atoms with Gasteiger partial charge in [-0.25, -0.2) is 9.48 Å². The molecule has 0 aliphatic heterocycles. The third-order valence-corrected chi connectivity index (χ3v) is 5.65. The minimum absolute atomic E-state index is 0.157. The first kappa shape index (κ1) is 27.4. The third kappa shape index (κ3) is 7.66. The Kier molecular flexibility index (Phi) is 9.04. The van der Waals surface area contributed by atoms with Crippen LogP contribution in [-0.2, 0) is 14.9 Å². The summed E-state index contributed by atoms with van der Waals surface area (Å²) in [7, 11) is 1.59. The molecule has 1 heterocycles. The number of carbonyl (C=O) groups is 2. The van der Waals surface area contributed by atoms with Crippen molar-refractivity contribution >= 4 is 23.4 Å². The van der Waals surface area contributed by atoms with E-state index in [0.29, 0.717) is 36.6 Å². The molecule has 3 aromatic rings. The van der Waals surface area contributed by atoms with E-state index >= 15 is 0 Å². The standard InChI is InChI=1S/C28H34N6O3/c1-20-8-6-9-23(16-20)34-25(17-24(32-34)28(2,3)4)31-26(35)19-33(14-7-15-37-5)27(36)30-22-12-10-21(18-29)11-13-22/h6,8-13,16-17H,7,14-15,19H2,1-5H3,(H,30,36)(H,31,35). The molecule has 0 spiro atoms. The number of aryl methyl sites for hydroxylation is 1. The Balaban J connectivity index is 1.80. The number of amides is 3. The van der Waals surface area contributed by atoms with Gasteiger partial charge in [0.05, 0.1) is 23.0 Å². The van der Waals surface area contributed by atoms with E-state index in [1.165, 1.54) is 4.90 Å². The molecular formula is C28H34N6O3. The van der Waals surface area contributed by atoms with Gasteiger partial charge in [-0.2, -0.15) is 10.4 Å². The lowest BCUT2D eigenvalue weighted by Gasteiger charge is -2.22. The maximum Gasteiger partial charge on any atom is 0.322 e. The molecule has 0 radical (unpaired) electrons. The van der Waals surface area contributed by atoms with Crippen LogP contribution in [0.4, 0.5) is 16.3 Å². The highest BCUT2D eigenvalue weighted by Crippen LogP contribution is 2.26. The van der Waals surface area contributed by atoms with Crippen molar-refractivity contribution in [3.8, 4) is 11.8 Å². The smallest absolute Gasteiger partial charge is 0.322 e. The molecule has 0 aliphatic carbocycles. The molecule has 0 bridgehead atoms. The molecule has 1 aromatic heterocycles. The molecule has 37 heavy (non-hydrogen) atoms. The predicted molar refractivity (Wildman–Crippen MR) is 144 cm³/mol. The van der Waals surface area contributed by atoms with Gasteiger partial charge in [0.15, 0.2) is 0 Å². The van der Waals surface area contributed by atoms with Gasteiger partial charge in [-0.3, -0.25) is 4.79 Å². The lowest BCUT2D eigenvalue weighted by atomic mass is 9.92. The van der Waals surface area contributed by atoms with Crippen molar-refractivity contribution in [2.45, 2.75) is 39.5 Å². The summed E-state index contributed by atoms with van der Waals surface area (Å²) in [6, 6.07) is 17.9. The van der Waals surface area contributed by atoms with Crippen molar-refractivity contribution in [1.29, 1.82) is 5.26 Å². The minimum Gasteiger partial charge on any atom is -0.385 e. The Morgan fingerprint density at radius 1 is 1.11 bits per heavy atom. The van der Waals surface area contributed by atoms with E-state index < -0.39 is 6.03 Å². The number of hydrogen-bond acceptors (Lipinski definition) is 5. The molecule has 3 amide bonds. The van der Waals surface area contributed by atoms with Gasteiger partial charge in [0.25, 0.3) is 0 Å². The second kappa shape index (κ2) is 12.2. The first-order valence-corrected chi connectivity index (χ1v) is 12.1. The van der Waals surface area contributed by atoms with E-state index in [4.69, 9.17) is 15.1 Å². The van der Waals surface area contributed by atoms with Crippen LogP contribution >= 0.6 is 0 Å². The molecule has 3 rings (SSSR count). The molecule has 2 N–H and O–H groups in total. The lowest BCUT2D eigenvalue weighted by molar-refractivity contribution is -0.116. The molecular weight excluding hydrogens is 468 g/mol. The molecule has 0 aliphatic rings. The van der Waals surface area contributed by atoms with Crippen LogP contribution in [0.3, 0.4) is 0 Å². The van der Waals surface area contributed by atoms with Crippen molar-refractivity contribution in [1.82, 2.24) is 14.7 Å². The average Bonchev–Trinajstić information content (AvgIpc) is 3.28. The molecule has 0 fully saturated rings. The van der Waals surface area contributed by atoms with Gasteiger partial charge in [0.1, 0.15) is 12.4 Å². The molecule has 194 valence electrons. The van der Waals surface area contributed by atoms with Crippen LogP contribution in [0.5, 0.6) is 0 Å². The Morgan fingerprint density at radius 2 is 1.84 bits per heavy atom. The van der Waals surface area contributed by atoms with Crippen molar-refractivity contribution in [2.75, 3.05) is 37.4 Å². The molecule has 2 aromatic carbocycles. The maximum absolute atomic E-state index is 13.2. The number of ether oxygens (including phenoxy) is 1. The van der Waals surface area contributed by atoms with E-state index in [2.05, 4.69) is 31.4 Å². The first-order valence-electron chi connectivity index (χ1n) is 12.1. The van der Waals surface area contributed by atoms with E-state index in [-0.39, 0.29) is 17.9 Å². The zero-order chi connectivity index (χ0) is 27.0. The van der Waals surface area contributed by atoms with Gasteiger partial charge in [-0.05, 0) is 55.3 Å². The lowest BCUT2D eigenvalue weighted by Crippen LogP contribution is -2.41. The Hall–Kier alpha value is -4.16. The Labute approximate surface area is 218 Å². The summed E-state index contributed by atoms with van der Waals surface area (Å²) in [5, 5.41) is 19.5. The Morgan fingerprint density at radius 3 is 2.46 bits per heavy atom. The van der Waals surface area contributed by atoms with Crippen LogP contribution in [-0.4, -0.2) is 53.4 Å². The summed E-state index contributed by atoms with van der Waals surface area (Å²) < 4.78 is 6.84. The SMILES string of the molecule is COCCCN(CC(=O)Nc1cc(C(C)(C)C)nn1-c1cccc(C)c1)C(=O)Nc1ccc(C#N)cc1. The largest absolute Gasteiger partial charge is 0.385 e. The van der Waals surface area contributed by atoms with Crippen molar-refractivity contribution < 1.29 is 14.3 Å². The van der Waals surface area contributed by atoms with E-state index in [0.717, 1.165) is 16.9 Å². The number of rotatable bonds is 9. The van der Waals surface area contributed by atoms with Crippen LogP contribution in [0.2, 0.25) is 0 Å². The van der Waals surface area contributed by atoms with Crippen molar-refractivity contribution in [3.05, 3.63) is 71.4 Å². The average molecular weight is 503 g/mol. The maximum atomic E-state index is 13.2. The second-order valence-corrected chi connectivity index (χ2v) is 9.85. The van der Waals surface area contributed by atoms with Crippen LogP contribution in [0.25, 0.3) is 5.69 Å². The monoisotopic (exact) mass is 502 g/mol. The highest BCUT2D eigenvalue weighted by atomic mass is 16.5. The van der Waals surface area contributed by atoms with Crippen LogP contribution in [0, 0.1) is 18.3 Å². The fourth-order valence-corrected chi connectivity index (χ4v) is 3.63. The summed E-state index contributed by atoms with van der Waals surface area (Å²) in [5.74, 6) is 0.187. The fourth-order valence-electron chi connectivity index (χ4n) is 3.63. The quantitative estimate of drug-likeness (QED) is 0.406. The number of methoxy groups -OCH3 is 1. The third-order valence-electron chi connectivity index (χ3n) is 5.65. The van der Waals surface area contributed by atoms with Gasteiger partial charge in [-0.1, -0.05) is 32.9 Å². The number of nitriles is 1. The summed E-state index contributed by atoms with van der Waals surface area (Å²) in [4.78, 5) is 27.6. The number of carbonyl (C=O) groups excluding carboxylic acids is 2. The first-order chi connectivity index (χ1) is 17.6. The summed E-state index contributed by atoms with van der Waals surface area (Å²) in [6.07, 6.45) is 0.569. The van der Waals surface area contributed by atoms with Crippen LogP contribution in [0.15, 0.2) is 54.6 Å². The van der Waals surface area contributed by atoms with Crippen molar-refractivity contribution in [3.63, 3.8) is 0 Å². The molecule has 0 atom stereocenters. The van der Waals surface area contributed by atoms with E-state index in [1.807, 2.05) is 43.3 Å². The van der Waals surface area contributed by atoms with E-state index in [9.17, 15) is 9.59 Å². The summed E-state index contributed by atoms with van der Waals surface area (Å²) >= 11 is 0. The normalized spacial score (nSPS) is 11.0. The number of anilines is 2. The van der Waals surface area contributed by atoms with Gasteiger partial charge in [-0.15, -0.1) is 0 Å². The topological polar surface area (TPSA) is 112 Å². The second-order valence-electron chi connectivity index (χ2n) is 9.85. The molecule has 0 unspecified atom stereocenters. The Bertz CT molecular complexity index is 1270. The highest BCUT2D eigenvalue weighted by molar-refractivity contribution is 5.96. The molecule has 9 heteroatoms. The number of aromatic nitrogens is 2. The van der Waals surface area contributed by atoms with Crippen molar-refractivity contribution in [2.24, 2.45) is 0 Å². The number of nitrogens with one attached hydrogen (secondary N) is 2. The molecule has 9 nitrogen and oxygen atoms in total. The number of urea groups is 1. The van der Waals surface area contributed by atoms with Crippen LogP contribution in [0.1, 0.15) is 44.0 Å². The van der Waals surface area contributed by atoms with Crippen LogP contribution < -0.4 is 10.6 Å². The van der Waals surface area contributed by atoms with E-state index in [1.54, 1.807) is 36.1 Å². The van der Waals surface area contributed by atoms with Gasteiger partial charge >= 0.3 is 6.03 Å².